The fourth-order valence-electron chi connectivity index (χ4n) is 8.04. The molecule has 4 aromatic carbocycles. The van der Waals surface area contributed by atoms with Gasteiger partial charge in [0.1, 0.15) is 11.5 Å². The van der Waals surface area contributed by atoms with Crippen LogP contribution in [0.5, 0.6) is 11.5 Å². The summed E-state index contributed by atoms with van der Waals surface area (Å²) in [5.41, 5.74) is 9.79. The molecule has 0 aliphatic rings. The zero-order valence-corrected chi connectivity index (χ0v) is 36.3. The number of hydrogen-bond donors (Lipinski definition) is 2. The number of rotatable bonds is 12. The molecular weight excluding hydrogens is 797 g/mol. The van der Waals surface area contributed by atoms with Crippen LogP contribution in [-0.2, 0) is 25.8 Å². The molecule has 254 valence electrons. The number of nitrogens with zero attached hydrogens (tertiary/aromatic N) is 1. The molecule has 0 amide bonds. The Morgan fingerprint density at radius 2 is 0.776 bits per heavy atom. The van der Waals surface area contributed by atoms with E-state index >= 15 is 0 Å². The first-order valence-electron chi connectivity index (χ1n) is 18.0. The van der Waals surface area contributed by atoms with Crippen molar-refractivity contribution in [3.05, 3.63) is 102 Å². The van der Waals surface area contributed by atoms with Gasteiger partial charge < -0.3 is 10.2 Å². The van der Waals surface area contributed by atoms with Crippen LogP contribution >= 0.6 is 0 Å². The first-order chi connectivity index (χ1) is 23.1. The first-order valence-corrected chi connectivity index (χ1v) is 23.2. The summed E-state index contributed by atoms with van der Waals surface area (Å²) in [7, 11) is -3.68. The fourth-order valence-corrected chi connectivity index (χ4v) is 15.7. The van der Waals surface area contributed by atoms with Crippen molar-refractivity contribution in [2.24, 2.45) is 0 Å². The van der Waals surface area contributed by atoms with Gasteiger partial charge in [0.2, 0.25) is 0 Å². The molecule has 3 nitrogen and oxygen atoms in total. The summed E-state index contributed by atoms with van der Waals surface area (Å²) in [6.45, 7) is 18.0. The Kier molecular flexibility index (Phi) is 12.9. The van der Waals surface area contributed by atoms with Crippen molar-refractivity contribution in [1.29, 1.82) is 0 Å². The fraction of sp³-hybridized carbons (Fsp3) is 0.326. The van der Waals surface area contributed by atoms with Crippen LogP contribution in [0.1, 0.15) is 52.7 Å². The second kappa shape index (κ2) is 16.3. The molecule has 0 atom stereocenters. The van der Waals surface area contributed by atoms with Crippen LogP contribution < -0.4 is 10.4 Å². The third-order valence-corrected chi connectivity index (χ3v) is 22.6. The predicted octanol–water partition coefficient (Wildman–Crippen LogP) is 11.2. The van der Waals surface area contributed by atoms with Gasteiger partial charge in [-0.05, 0) is 59.6 Å². The van der Waals surface area contributed by atoms with Gasteiger partial charge in [0.05, 0.1) is 27.5 Å². The molecule has 0 spiro atoms. The maximum absolute atomic E-state index is 11.9. The number of hydrogen-bond acceptors (Lipinski definition) is 3. The number of pyridine rings is 1. The molecule has 5 rings (SSSR count). The van der Waals surface area contributed by atoms with E-state index in [1.54, 1.807) is 0 Å². The van der Waals surface area contributed by atoms with E-state index in [0.717, 1.165) is 81.0 Å². The van der Waals surface area contributed by atoms with Crippen molar-refractivity contribution in [2.75, 3.05) is 0 Å². The Bertz CT molecular complexity index is 1760. The van der Waals surface area contributed by atoms with Crippen molar-refractivity contribution in [3.8, 4) is 56.3 Å². The van der Waals surface area contributed by atoms with Crippen LogP contribution in [0.15, 0.2) is 91.0 Å². The van der Waals surface area contributed by atoms with E-state index in [1.165, 1.54) is 21.5 Å². The van der Waals surface area contributed by atoms with Gasteiger partial charge in [-0.15, -0.1) is 0 Å². The molecule has 49 heavy (non-hydrogen) atoms. The molecule has 1 aromatic heterocycles. The van der Waals surface area contributed by atoms with E-state index in [2.05, 4.69) is 134 Å². The summed E-state index contributed by atoms with van der Waals surface area (Å²) in [4.78, 5) is 5.28. The SMILES string of the molecule is CC[Si](CC)(CC)c1cc(C)cc(-c2ccccc2-c2cccc(-c3ccccc3-c3cc(C)cc([Si](CC)(CC)CC)c3O)n2)c1O.[Hf]. The summed E-state index contributed by atoms with van der Waals surface area (Å²) in [6, 6.07) is 38.2. The van der Waals surface area contributed by atoms with Crippen molar-refractivity contribution in [1.82, 2.24) is 4.98 Å². The van der Waals surface area contributed by atoms with E-state index in [1.807, 2.05) is 12.1 Å². The van der Waals surface area contributed by atoms with E-state index in [-0.39, 0.29) is 25.8 Å². The average Bonchev–Trinajstić information content (AvgIpc) is 3.12. The molecule has 6 heteroatoms. The zero-order valence-electron chi connectivity index (χ0n) is 30.7. The van der Waals surface area contributed by atoms with Gasteiger partial charge >= 0.3 is 0 Å². The molecule has 0 saturated heterocycles. The van der Waals surface area contributed by atoms with Gasteiger partial charge in [-0.1, -0.05) is 156 Å². The molecule has 2 N–H and O–H groups in total. The number of benzene rings is 4. The smallest absolute Gasteiger partial charge is 0.122 e. The van der Waals surface area contributed by atoms with Gasteiger partial charge in [-0.3, -0.25) is 0 Å². The quantitative estimate of drug-likeness (QED) is 0.123. The summed E-state index contributed by atoms with van der Waals surface area (Å²) in [6.07, 6.45) is 0. The minimum atomic E-state index is -1.84. The molecule has 0 saturated carbocycles. The third-order valence-electron chi connectivity index (χ3n) is 11.4. The summed E-state index contributed by atoms with van der Waals surface area (Å²) < 4.78 is 0. The standard InChI is InChI=1S/C43H53NO2Si2.Hf/c1-9-47(10-2,11-3)40-28-30(7)26-36(42(40)45)32-20-15-17-22-34(32)38-24-19-25-39(44-38)35-23-18-16-21-33(35)37-27-31(8)29-41(43(37)46)48(12-4,13-5)14-6;/h15-29,45-46H,9-14H2,1-8H3;. The predicted molar refractivity (Wildman–Crippen MR) is 212 cm³/mol. The second-order valence-electron chi connectivity index (χ2n) is 13.6. The molecule has 0 aliphatic carbocycles. The monoisotopic (exact) mass is 851 g/mol. The third kappa shape index (κ3) is 7.24. The van der Waals surface area contributed by atoms with Crippen molar-refractivity contribution < 1.29 is 36.1 Å². The average molecular weight is 851 g/mol. The summed E-state index contributed by atoms with van der Waals surface area (Å²) in [5.74, 6) is 0.867. The Hall–Kier alpha value is -3.07. The molecule has 0 unspecified atom stereocenters. The maximum Gasteiger partial charge on any atom is 0.122 e. The van der Waals surface area contributed by atoms with Crippen LogP contribution in [0.3, 0.4) is 0 Å². The van der Waals surface area contributed by atoms with E-state index in [4.69, 9.17) is 4.98 Å². The van der Waals surface area contributed by atoms with Crippen molar-refractivity contribution in [2.45, 2.75) is 91.7 Å². The van der Waals surface area contributed by atoms with Gasteiger partial charge in [0.15, 0.2) is 0 Å². The number of phenolic OH excluding ortho intramolecular Hbond substituents is 2. The van der Waals surface area contributed by atoms with Crippen LogP contribution in [0.4, 0.5) is 0 Å². The molecule has 0 radical (unpaired) electrons. The number of aryl methyl sites for hydroxylation is 2. The maximum atomic E-state index is 11.9. The van der Waals surface area contributed by atoms with E-state index < -0.39 is 16.1 Å². The topological polar surface area (TPSA) is 53.4 Å². The van der Waals surface area contributed by atoms with Gasteiger partial charge in [0, 0.05) is 48.1 Å². The second-order valence-corrected chi connectivity index (χ2v) is 24.0. The summed E-state index contributed by atoms with van der Waals surface area (Å²) in [5, 5.41) is 26.2. The Morgan fingerprint density at radius 3 is 1.10 bits per heavy atom. The van der Waals surface area contributed by atoms with Crippen LogP contribution in [0, 0.1) is 13.8 Å². The van der Waals surface area contributed by atoms with Crippen LogP contribution in [0.25, 0.3) is 44.8 Å². The summed E-state index contributed by atoms with van der Waals surface area (Å²) >= 11 is 0. The molecule has 0 fully saturated rings. The first kappa shape index (κ1) is 38.7. The minimum Gasteiger partial charge on any atom is -0.507 e. The molecule has 5 aromatic rings. The largest absolute Gasteiger partial charge is 0.507 e. The van der Waals surface area contributed by atoms with Crippen molar-refractivity contribution in [3.63, 3.8) is 0 Å². The molecule has 0 bridgehead atoms. The minimum absolute atomic E-state index is 0. The zero-order chi connectivity index (χ0) is 34.6. The van der Waals surface area contributed by atoms with E-state index in [0.29, 0.717) is 11.5 Å². The molecule has 1 heterocycles. The van der Waals surface area contributed by atoms with Gasteiger partial charge in [-0.2, -0.15) is 0 Å². The Morgan fingerprint density at radius 1 is 0.449 bits per heavy atom. The Labute approximate surface area is 315 Å². The van der Waals surface area contributed by atoms with E-state index in [9.17, 15) is 10.2 Å². The molecular formula is C43H53HfNO2Si2. The normalized spacial score (nSPS) is 11.8. The van der Waals surface area contributed by atoms with Gasteiger partial charge in [-0.25, -0.2) is 4.98 Å². The Balaban J connectivity index is 0.00000541. The van der Waals surface area contributed by atoms with Gasteiger partial charge in [0.25, 0.3) is 0 Å². The van der Waals surface area contributed by atoms with Crippen molar-refractivity contribution >= 4 is 26.5 Å². The number of aromatic hydroxyl groups is 2. The number of aromatic nitrogens is 1. The van der Waals surface area contributed by atoms with Crippen LogP contribution in [0.2, 0.25) is 36.3 Å². The molecule has 0 aliphatic heterocycles. The van der Waals surface area contributed by atoms with Crippen LogP contribution in [-0.4, -0.2) is 31.3 Å². The number of phenols is 2.